The molecule has 4 aromatic rings. The van der Waals surface area contributed by atoms with Crippen molar-refractivity contribution in [3.63, 3.8) is 0 Å². The van der Waals surface area contributed by atoms with E-state index in [1.54, 1.807) is 36.7 Å². The number of anilines is 2. The van der Waals surface area contributed by atoms with Crippen molar-refractivity contribution < 1.29 is 18.0 Å². The number of sulfonamides is 1. The SMILES string of the molecule is CC(=O)Nc1ccc(S(=O)(=O)Nc2cccc(-c3cnc4[nH]cc(C(=O)C(C)(C)C)c4n3)c2)cc1. The number of nitrogens with one attached hydrogen (secondary N) is 3. The van der Waals surface area contributed by atoms with Gasteiger partial charge < -0.3 is 10.3 Å². The van der Waals surface area contributed by atoms with E-state index in [-0.39, 0.29) is 16.6 Å². The summed E-state index contributed by atoms with van der Waals surface area (Å²) in [6.07, 6.45) is 3.18. The molecule has 2 aromatic carbocycles. The van der Waals surface area contributed by atoms with Gasteiger partial charge in [0.05, 0.1) is 22.3 Å². The zero-order valence-corrected chi connectivity index (χ0v) is 20.5. The van der Waals surface area contributed by atoms with Gasteiger partial charge in [-0.25, -0.2) is 18.4 Å². The van der Waals surface area contributed by atoms with Gasteiger partial charge in [-0.3, -0.25) is 14.3 Å². The van der Waals surface area contributed by atoms with Gasteiger partial charge in [0.2, 0.25) is 5.91 Å². The molecule has 2 heterocycles. The van der Waals surface area contributed by atoms with Crippen LogP contribution >= 0.6 is 0 Å². The molecule has 10 heteroatoms. The molecule has 9 nitrogen and oxygen atoms in total. The fourth-order valence-electron chi connectivity index (χ4n) is 3.48. The van der Waals surface area contributed by atoms with Gasteiger partial charge in [0.1, 0.15) is 5.52 Å². The van der Waals surface area contributed by atoms with E-state index in [1.165, 1.54) is 31.2 Å². The lowest BCUT2D eigenvalue weighted by Gasteiger charge is -2.15. The summed E-state index contributed by atoms with van der Waals surface area (Å²) < 4.78 is 28.3. The molecule has 0 saturated heterocycles. The molecule has 0 bridgehead atoms. The Balaban J connectivity index is 1.63. The number of ketones is 1. The second-order valence-corrected chi connectivity index (χ2v) is 10.8. The molecular formula is C25H25N5O4S. The number of carbonyl (C=O) groups excluding carboxylic acids is 2. The van der Waals surface area contributed by atoms with Crippen LogP contribution in [0.15, 0.2) is 65.8 Å². The van der Waals surface area contributed by atoms with Crippen molar-refractivity contribution in [1.29, 1.82) is 0 Å². The van der Waals surface area contributed by atoms with Crippen LogP contribution in [0.4, 0.5) is 11.4 Å². The van der Waals surface area contributed by atoms with E-state index >= 15 is 0 Å². The van der Waals surface area contributed by atoms with Crippen molar-refractivity contribution in [2.45, 2.75) is 32.6 Å². The Morgan fingerprint density at radius 3 is 2.37 bits per heavy atom. The Morgan fingerprint density at radius 2 is 1.71 bits per heavy atom. The number of fused-ring (bicyclic) bond motifs is 1. The third-order valence-electron chi connectivity index (χ3n) is 5.20. The van der Waals surface area contributed by atoms with Crippen LogP contribution in [0, 0.1) is 5.41 Å². The fourth-order valence-corrected chi connectivity index (χ4v) is 4.53. The zero-order valence-electron chi connectivity index (χ0n) is 19.7. The summed E-state index contributed by atoms with van der Waals surface area (Å²) >= 11 is 0. The van der Waals surface area contributed by atoms with Gasteiger partial charge in [-0.2, -0.15) is 0 Å². The first-order chi connectivity index (χ1) is 16.4. The van der Waals surface area contributed by atoms with Crippen LogP contribution in [0.3, 0.4) is 0 Å². The van der Waals surface area contributed by atoms with E-state index in [4.69, 9.17) is 0 Å². The van der Waals surface area contributed by atoms with Gasteiger partial charge in [-0.15, -0.1) is 0 Å². The molecule has 0 radical (unpaired) electrons. The molecule has 0 aliphatic carbocycles. The van der Waals surface area contributed by atoms with E-state index in [9.17, 15) is 18.0 Å². The van der Waals surface area contributed by atoms with Crippen LogP contribution in [0.5, 0.6) is 0 Å². The Kier molecular flexibility index (Phi) is 6.16. The van der Waals surface area contributed by atoms with Crippen LogP contribution in [-0.2, 0) is 14.8 Å². The molecule has 180 valence electrons. The van der Waals surface area contributed by atoms with Gasteiger partial charge in [0.25, 0.3) is 10.0 Å². The minimum Gasteiger partial charge on any atom is -0.344 e. The largest absolute Gasteiger partial charge is 0.344 e. The van der Waals surface area contributed by atoms with E-state index < -0.39 is 15.4 Å². The van der Waals surface area contributed by atoms with Crippen molar-refractivity contribution in [2.75, 3.05) is 10.0 Å². The van der Waals surface area contributed by atoms with Crippen LogP contribution in [0.25, 0.3) is 22.4 Å². The highest BCUT2D eigenvalue weighted by atomic mass is 32.2. The van der Waals surface area contributed by atoms with E-state index in [1.807, 2.05) is 20.8 Å². The van der Waals surface area contributed by atoms with Crippen molar-refractivity contribution in [2.24, 2.45) is 5.41 Å². The normalized spacial score (nSPS) is 11.9. The smallest absolute Gasteiger partial charge is 0.261 e. The molecule has 35 heavy (non-hydrogen) atoms. The lowest BCUT2D eigenvalue weighted by atomic mass is 9.87. The van der Waals surface area contributed by atoms with Crippen LogP contribution in [0.1, 0.15) is 38.1 Å². The summed E-state index contributed by atoms with van der Waals surface area (Å²) in [7, 11) is -3.87. The monoisotopic (exact) mass is 491 g/mol. The second kappa shape index (κ2) is 8.95. The van der Waals surface area contributed by atoms with Gasteiger partial charge in [0.15, 0.2) is 11.4 Å². The predicted molar refractivity (Wildman–Crippen MR) is 135 cm³/mol. The fraction of sp³-hybridized carbons (Fsp3) is 0.200. The number of aromatic amines is 1. The molecule has 2 aromatic heterocycles. The molecule has 4 rings (SSSR count). The third kappa shape index (κ3) is 5.22. The van der Waals surface area contributed by atoms with Crippen LogP contribution < -0.4 is 10.0 Å². The van der Waals surface area contributed by atoms with Gasteiger partial charge in [0, 0.05) is 35.5 Å². The zero-order chi connectivity index (χ0) is 25.4. The number of Topliss-reactive ketones (excluding diaryl/α,β-unsaturated/α-hetero) is 1. The Labute approximate surface area is 203 Å². The summed E-state index contributed by atoms with van der Waals surface area (Å²) in [5.41, 5.74) is 2.83. The average molecular weight is 492 g/mol. The minimum atomic E-state index is -3.87. The first-order valence-electron chi connectivity index (χ1n) is 10.8. The van der Waals surface area contributed by atoms with E-state index in [2.05, 4.69) is 25.0 Å². The number of H-pyrrole nitrogens is 1. The Hall–Kier alpha value is -4.05. The van der Waals surface area contributed by atoms with Crippen LogP contribution in [-0.4, -0.2) is 35.1 Å². The number of hydrogen-bond acceptors (Lipinski definition) is 6. The molecule has 0 fully saturated rings. The molecule has 0 unspecified atom stereocenters. The average Bonchev–Trinajstić information content (AvgIpc) is 3.21. The molecule has 3 N–H and O–H groups in total. The lowest BCUT2D eigenvalue weighted by molar-refractivity contribution is -0.114. The minimum absolute atomic E-state index is 0.0517. The van der Waals surface area contributed by atoms with Gasteiger partial charge in [-0.1, -0.05) is 32.9 Å². The molecule has 0 atom stereocenters. The van der Waals surface area contributed by atoms with Crippen molar-refractivity contribution in [3.8, 4) is 11.3 Å². The summed E-state index contributed by atoms with van der Waals surface area (Å²) in [6, 6.07) is 12.6. The topological polar surface area (TPSA) is 134 Å². The summed E-state index contributed by atoms with van der Waals surface area (Å²) in [5.74, 6) is -0.299. The van der Waals surface area contributed by atoms with E-state index in [0.717, 1.165) is 0 Å². The quantitative estimate of drug-likeness (QED) is 0.337. The first-order valence-corrected chi connectivity index (χ1v) is 12.3. The third-order valence-corrected chi connectivity index (χ3v) is 6.60. The lowest BCUT2D eigenvalue weighted by Crippen LogP contribution is -2.20. The number of aromatic nitrogens is 3. The van der Waals surface area contributed by atoms with Crippen molar-refractivity contribution >= 4 is 44.3 Å². The number of carbonyl (C=O) groups is 2. The molecule has 1 amide bonds. The van der Waals surface area contributed by atoms with Crippen molar-refractivity contribution in [3.05, 3.63) is 66.5 Å². The Morgan fingerprint density at radius 1 is 1.00 bits per heavy atom. The first kappa shape index (κ1) is 24.1. The molecule has 0 saturated carbocycles. The number of amides is 1. The highest BCUT2D eigenvalue weighted by Gasteiger charge is 2.26. The summed E-state index contributed by atoms with van der Waals surface area (Å²) in [4.78, 5) is 36.1. The highest BCUT2D eigenvalue weighted by molar-refractivity contribution is 7.92. The van der Waals surface area contributed by atoms with Crippen LogP contribution in [0.2, 0.25) is 0 Å². The predicted octanol–water partition coefficient (Wildman–Crippen LogP) is 4.61. The molecule has 0 aliphatic heterocycles. The molecule has 0 spiro atoms. The number of rotatable bonds is 6. The second-order valence-electron chi connectivity index (χ2n) is 9.13. The molecular weight excluding hydrogens is 466 g/mol. The standard InChI is InChI=1S/C25H25N5O4S/c1-15(31)28-17-8-10-19(11-9-17)35(33,34)30-18-7-5-6-16(12-18)21-14-27-24-22(29-21)20(13-26-24)23(32)25(2,3)4/h5-14,30H,1-4H3,(H,26,27)(H,28,31). The summed E-state index contributed by atoms with van der Waals surface area (Å²) in [6.45, 7) is 6.90. The Bertz CT molecular complexity index is 1530. The number of benzene rings is 2. The van der Waals surface area contributed by atoms with Gasteiger partial charge in [-0.05, 0) is 36.4 Å². The molecule has 0 aliphatic rings. The number of nitrogens with zero attached hydrogens (tertiary/aromatic N) is 2. The number of hydrogen-bond donors (Lipinski definition) is 3. The van der Waals surface area contributed by atoms with E-state index in [0.29, 0.717) is 39.4 Å². The van der Waals surface area contributed by atoms with Crippen molar-refractivity contribution in [1.82, 2.24) is 15.0 Å². The summed E-state index contributed by atoms with van der Waals surface area (Å²) in [5, 5.41) is 2.60. The maximum absolute atomic E-state index is 12.9. The highest BCUT2D eigenvalue weighted by Crippen LogP contribution is 2.28. The van der Waals surface area contributed by atoms with Gasteiger partial charge >= 0.3 is 0 Å². The maximum atomic E-state index is 12.9. The maximum Gasteiger partial charge on any atom is 0.261 e.